The maximum atomic E-state index is 5.98. The Morgan fingerprint density at radius 1 is 1.12 bits per heavy atom. The minimum absolute atomic E-state index is 0.648. The van der Waals surface area contributed by atoms with Crippen LogP contribution >= 0.6 is 11.6 Å². The number of aliphatic imine (C=N–C) groups is 1. The maximum absolute atomic E-state index is 5.98. The molecule has 4 nitrogen and oxygen atoms in total. The monoisotopic (exact) mass is 352 g/mol. The van der Waals surface area contributed by atoms with E-state index in [1.165, 1.54) is 0 Å². The number of methoxy groups -OCH3 is 1. The lowest BCUT2D eigenvalue weighted by Gasteiger charge is -2.03. The van der Waals surface area contributed by atoms with E-state index in [9.17, 15) is 0 Å². The van der Waals surface area contributed by atoms with E-state index in [2.05, 4.69) is 10.1 Å². The van der Waals surface area contributed by atoms with Gasteiger partial charge in [0, 0.05) is 28.9 Å². The summed E-state index contributed by atoms with van der Waals surface area (Å²) in [6.45, 7) is 1.88. The molecular formula is C20H17ClN2O2. The van der Waals surface area contributed by atoms with Crippen molar-refractivity contribution in [3.8, 4) is 5.75 Å². The van der Waals surface area contributed by atoms with Crippen LogP contribution in [-0.2, 0) is 0 Å². The van der Waals surface area contributed by atoms with Gasteiger partial charge < -0.3 is 9.26 Å². The van der Waals surface area contributed by atoms with Gasteiger partial charge in [-0.15, -0.1) is 0 Å². The van der Waals surface area contributed by atoms with Crippen molar-refractivity contribution in [2.75, 3.05) is 7.11 Å². The molecular weight excluding hydrogens is 336 g/mol. The quantitative estimate of drug-likeness (QED) is 0.588. The van der Waals surface area contributed by atoms with Crippen LogP contribution in [0.15, 0.2) is 64.1 Å². The van der Waals surface area contributed by atoms with Gasteiger partial charge in [-0.25, -0.2) is 0 Å². The van der Waals surface area contributed by atoms with E-state index < -0.39 is 0 Å². The summed E-state index contributed by atoms with van der Waals surface area (Å²) < 4.78 is 10.4. The van der Waals surface area contributed by atoms with Crippen LogP contribution in [0.5, 0.6) is 5.75 Å². The molecule has 0 saturated carbocycles. The molecule has 1 aromatic heterocycles. The molecule has 0 amide bonds. The van der Waals surface area contributed by atoms with Gasteiger partial charge in [-0.2, -0.15) is 0 Å². The first kappa shape index (κ1) is 17.0. The van der Waals surface area contributed by atoms with Crippen molar-refractivity contribution < 1.29 is 9.26 Å². The first-order valence-corrected chi connectivity index (χ1v) is 8.11. The van der Waals surface area contributed by atoms with Gasteiger partial charge in [-0.3, -0.25) is 4.99 Å². The largest absolute Gasteiger partial charge is 0.497 e. The fourth-order valence-corrected chi connectivity index (χ4v) is 2.36. The molecule has 3 aromatic rings. The van der Waals surface area contributed by atoms with Crippen LogP contribution in [0.1, 0.15) is 22.6 Å². The summed E-state index contributed by atoms with van der Waals surface area (Å²) in [5, 5.41) is 4.59. The molecule has 0 aliphatic heterocycles. The fraction of sp³-hybridized carbons (Fsp3) is 0.100. The molecule has 0 unspecified atom stereocenters. The Balaban J connectivity index is 1.93. The lowest BCUT2D eigenvalue weighted by Crippen LogP contribution is -1.86. The number of aryl methyl sites for hydroxylation is 1. The Hall–Kier alpha value is -2.85. The summed E-state index contributed by atoms with van der Waals surface area (Å²) in [5.41, 5.74) is 3.47. The van der Waals surface area contributed by atoms with Gasteiger partial charge >= 0.3 is 0 Å². The summed E-state index contributed by atoms with van der Waals surface area (Å²) in [6, 6.07) is 17.0. The van der Waals surface area contributed by atoms with Gasteiger partial charge in [0.1, 0.15) is 5.75 Å². The molecule has 0 N–H and O–H groups in total. The smallest absolute Gasteiger partial charge is 0.162 e. The minimum Gasteiger partial charge on any atom is -0.497 e. The van der Waals surface area contributed by atoms with Gasteiger partial charge in [0.2, 0.25) is 0 Å². The third kappa shape index (κ3) is 4.58. The van der Waals surface area contributed by atoms with Crippen molar-refractivity contribution in [2.45, 2.75) is 6.92 Å². The van der Waals surface area contributed by atoms with Gasteiger partial charge in [-0.05, 0) is 48.9 Å². The summed E-state index contributed by atoms with van der Waals surface area (Å²) in [6.07, 6.45) is 3.65. The standard InChI is InChI=1S/C20H17ClN2O2/c1-14-11-19(25-23-14)12-20(16-5-7-17(21)8-6-16)22-13-15-3-9-18(24-2)10-4-15/h3-13H,1-2H3/b20-12+,22-13?. The van der Waals surface area contributed by atoms with Crippen LogP contribution in [0.2, 0.25) is 5.02 Å². The van der Waals surface area contributed by atoms with Crippen molar-refractivity contribution in [3.63, 3.8) is 0 Å². The molecule has 2 aromatic carbocycles. The number of nitrogens with zero attached hydrogens (tertiary/aromatic N) is 2. The Morgan fingerprint density at radius 3 is 2.44 bits per heavy atom. The zero-order valence-corrected chi connectivity index (χ0v) is 14.7. The van der Waals surface area contributed by atoms with E-state index in [4.69, 9.17) is 20.9 Å². The van der Waals surface area contributed by atoms with Gasteiger partial charge in [0.05, 0.1) is 18.5 Å². The summed E-state index contributed by atoms with van der Waals surface area (Å²) in [7, 11) is 1.64. The second-order valence-electron chi connectivity index (χ2n) is 5.44. The van der Waals surface area contributed by atoms with E-state index in [1.807, 2.05) is 67.6 Å². The van der Waals surface area contributed by atoms with E-state index in [0.717, 1.165) is 28.3 Å². The zero-order valence-electron chi connectivity index (χ0n) is 13.9. The molecule has 0 atom stereocenters. The third-order valence-electron chi connectivity index (χ3n) is 3.53. The Kier molecular flexibility index (Phi) is 5.31. The fourth-order valence-electron chi connectivity index (χ4n) is 2.24. The van der Waals surface area contributed by atoms with Crippen molar-refractivity contribution in [1.82, 2.24) is 5.16 Å². The number of benzene rings is 2. The molecule has 0 saturated heterocycles. The van der Waals surface area contributed by atoms with E-state index in [1.54, 1.807) is 13.3 Å². The number of hydrogen-bond donors (Lipinski definition) is 0. The highest BCUT2D eigenvalue weighted by atomic mass is 35.5. The summed E-state index contributed by atoms with van der Waals surface area (Å²) in [5.74, 6) is 1.46. The van der Waals surface area contributed by atoms with Crippen LogP contribution < -0.4 is 4.74 Å². The molecule has 0 aliphatic rings. The molecule has 0 radical (unpaired) electrons. The predicted octanol–water partition coefficient (Wildman–Crippen LogP) is 5.26. The maximum Gasteiger partial charge on any atom is 0.162 e. The number of aromatic nitrogens is 1. The van der Waals surface area contributed by atoms with Gasteiger partial charge in [0.25, 0.3) is 0 Å². The zero-order chi connectivity index (χ0) is 17.6. The van der Waals surface area contributed by atoms with Crippen molar-refractivity contribution >= 4 is 29.6 Å². The number of hydrogen-bond acceptors (Lipinski definition) is 4. The average molecular weight is 353 g/mol. The molecule has 5 heteroatoms. The van der Waals surface area contributed by atoms with Crippen molar-refractivity contribution in [3.05, 3.63) is 82.2 Å². The number of halogens is 1. The summed E-state index contributed by atoms with van der Waals surface area (Å²) in [4.78, 5) is 4.62. The molecule has 1 heterocycles. The van der Waals surface area contributed by atoms with Crippen molar-refractivity contribution in [2.24, 2.45) is 4.99 Å². The molecule has 0 fully saturated rings. The highest BCUT2D eigenvalue weighted by Crippen LogP contribution is 2.22. The Bertz CT molecular complexity index is 894. The Morgan fingerprint density at radius 2 is 1.84 bits per heavy atom. The highest BCUT2D eigenvalue weighted by Gasteiger charge is 2.04. The topological polar surface area (TPSA) is 47.6 Å². The van der Waals surface area contributed by atoms with Crippen LogP contribution in [-0.4, -0.2) is 18.5 Å². The SMILES string of the molecule is COc1ccc(C=N/C(=C/c2cc(C)no2)c2ccc(Cl)cc2)cc1. The molecule has 0 spiro atoms. The lowest BCUT2D eigenvalue weighted by atomic mass is 10.1. The van der Waals surface area contributed by atoms with E-state index in [-0.39, 0.29) is 0 Å². The third-order valence-corrected chi connectivity index (χ3v) is 3.79. The van der Waals surface area contributed by atoms with Crippen LogP contribution in [0.25, 0.3) is 11.8 Å². The van der Waals surface area contributed by atoms with E-state index >= 15 is 0 Å². The molecule has 0 aliphatic carbocycles. The second kappa shape index (κ2) is 7.81. The van der Waals surface area contributed by atoms with Crippen LogP contribution in [0.4, 0.5) is 0 Å². The molecule has 3 rings (SSSR count). The Labute approximate surface area is 151 Å². The predicted molar refractivity (Wildman–Crippen MR) is 101 cm³/mol. The van der Waals surface area contributed by atoms with Gasteiger partial charge in [0.15, 0.2) is 5.76 Å². The normalized spacial score (nSPS) is 11.9. The highest BCUT2D eigenvalue weighted by molar-refractivity contribution is 6.30. The lowest BCUT2D eigenvalue weighted by molar-refractivity contribution is 0.408. The van der Waals surface area contributed by atoms with Crippen molar-refractivity contribution in [1.29, 1.82) is 0 Å². The molecule has 25 heavy (non-hydrogen) atoms. The van der Waals surface area contributed by atoms with Crippen LogP contribution in [0, 0.1) is 6.92 Å². The summed E-state index contributed by atoms with van der Waals surface area (Å²) >= 11 is 5.98. The minimum atomic E-state index is 0.648. The molecule has 126 valence electrons. The van der Waals surface area contributed by atoms with Gasteiger partial charge in [-0.1, -0.05) is 28.9 Å². The number of ether oxygens (including phenoxy) is 1. The second-order valence-corrected chi connectivity index (χ2v) is 5.87. The average Bonchev–Trinajstić information content (AvgIpc) is 3.05. The number of rotatable bonds is 5. The van der Waals surface area contributed by atoms with Crippen LogP contribution in [0.3, 0.4) is 0 Å². The first-order valence-electron chi connectivity index (χ1n) is 7.73. The van der Waals surface area contributed by atoms with E-state index in [0.29, 0.717) is 10.8 Å². The first-order chi connectivity index (χ1) is 12.1. The molecule has 0 bridgehead atoms.